The first kappa shape index (κ1) is 17.3. The van der Waals surface area contributed by atoms with Gasteiger partial charge in [0, 0.05) is 5.69 Å². The maximum atomic E-state index is 12.6. The maximum Gasteiger partial charge on any atom is 0.246 e. The van der Waals surface area contributed by atoms with Gasteiger partial charge in [-0.05, 0) is 74.4 Å². The second-order valence-corrected chi connectivity index (χ2v) is 6.71. The summed E-state index contributed by atoms with van der Waals surface area (Å²) in [5.41, 5.74) is 5.63. The molecule has 1 atom stereocenters. The van der Waals surface area contributed by atoms with Crippen molar-refractivity contribution >= 4 is 17.3 Å². The number of carbonyl (C=O) groups excluding carboxylic acids is 1. The molecule has 0 saturated heterocycles. The summed E-state index contributed by atoms with van der Waals surface area (Å²) in [5, 5.41) is 6.37. The highest BCUT2D eigenvalue weighted by molar-refractivity contribution is 5.97. The van der Waals surface area contributed by atoms with Gasteiger partial charge in [-0.2, -0.15) is 0 Å². The van der Waals surface area contributed by atoms with E-state index in [0.717, 1.165) is 24.1 Å². The predicted molar refractivity (Wildman–Crippen MR) is 103 cm³/mol. The fraction of sp³-hybridized carbons (Fsp3) is 0.381. The third-order valence-electron chi connectivity index (χ3n) is 4.77. The Labute approximate surface area is 149 Å². The summed E-state index contributed by atoms with van der Waals surface area (Å²) < 4.78 is 5.34. The molecule has 2 aromatic carbocycles. The zero-order valence-corrected chi connectivity index (χ0v) is 15.2. The number of hydrogen-bond acceptors (Lipinski definition) is 3. The molecule has 1 aliphatic carbocycles. The lowest BCUT2D eigenvalue weighted by atomic mass is 9.90. The van der Waals surface area contributed by atoms with Gasteiger partial charge in [0.25, 0.3) is 0 Å². The van der Waals surface area contributed by atoms with E-state index in [1.165, 1.54) is 24.0 Å². The van der Waals surface area contributed by atoms with E-state index in [4.69, 9.17) is 4.74 Å². The van der Waals surface area contributed by atoms with Gasteiger partial charge in [0.2, 0.25) is 5.91 Å². The number of nitrogens with one attached hydrogen (secondary N) is 2. The fourth-order valence-corrected chi connectivity index (χ4v) is 3.38. The second-order valence-electron chi connectivity index (χ2n) is 6.71. The predicted octanol–water partition coefficient (Wildman–Crippen LogP) is 4.32. The van der Waals surface area contributed by atoms with Crippen LogP contribution >= 0.6 is 0 Å². The van der Waals surface area contributed by atoms with Gasteiger partial charge in [0.05, 0.1) is 12.8 Å². The van der Waals surface area contributed by atoms with Crippen molar-refractivity contribution in [3.63, 3.8) is 0 Å². The van der Waals surface area contributed by atoms with Crippen molar-refractivity contribution in [3.8, 4) is 5.75 Å². The highest BCUT2D eigenvalue weighted by Gasteiger charge is 2.18. The van der Waals surface area contributed by atoms with Crippen molar-refractivity contribution in [3.05, 3.63) is 53.1 Å². The molecule has 0 bridgehead atoms. The van der Waals surface area contributed by atoms with Crippen LogP contribution in [0, 0.1) is 6.92 Å². The van der Waals surface area contributed by atoms with Gasteiger partial charge in [-0.1, -0.05) is 18.2 Å². The molecule has 4 heteroatoms. The minimum atomic E-state index is -0.335. The number of methoxy groups -OCH3 is 1. The number of fused-ring (bicyclic) bond motifs is 1. The average molecular weight is 338 g/mol. The highest BCUT2D eigenvalue weighted by atomic mass is 16.5. The van der Waals surface area contributed by atoms with Crippen LogP contribution in [0.4, 0.5) is 11.4 Å². The van der Waals surface area contributed by atoms with Crippen molar-refractivity contribution < 1.29 is 9.53 Å². The maximum absolute atomic E-state index is 12.6. The molecule has 4 nitrogen and oxygen atoms in total. The fourth-order valence-electron chi connectivity index (χ4n) is 3.38. The Kier molecular flexibility index (Phi) is 5.27. The molecule has 0 saturated carbocycles. The van der Waals surface area contributed by atoms with E-state index in [1.54, 1.807) is 7.11 Å². The number of anilines is 2. The van der Waals surface area contributed by atoms with Gasteiger partial charge >= 0.3 is 0 Å². The number of aryl methyl sites for hydroxylation is 2. The van der Waals surface area contributed by atoms with Crippen LogP contribution in [0.2, 0.25) is 0 Å². The molecular formula is C21H26N2O2. The zero-order valence-electron chi connectivity index (χ0n) is 15.2. The van der Waals surface area contributed by atoms with Crippen molar-refractivity contribution in [2.45, 2.75) is 45.6 Å². The summed E-state index contributed by atoms with van der Waals surface area (Å²) in [6, 6.07) is 11.8. The third-order valence-corrected chi connectivity index (χ3v) is 4.77. The summed E-state index contributed by atoms with van der Waals surface area (Å²) in [6.07, 6.45) is 4.68. The molecule has 0 heterocycles. The quantitative estimate of drug-likeness (QED) is 0.853. The molecule has 3 rings (SSSR count). The molecule has 0 fully saturated rings. The topological polar surface area (TPSA) is 50.4 Å². The monoisotopic (exact) mass is 338 g/mol. The summed E-state index contributed by atoms with van der Waals surface area (Å²) in [4.78, 5) is 12.6. The van der Waals surface area contributed by atoms with Crippen LogP contribution < -0.4 is 15.4 Å². The Morgan fingerprint density at radius 1 is 1.12 bits per heavy atom. The Bertz CT molecular complexity index is 770. The van der Waals surface area contributed by atoms with Crippen LogP contribution in [0.15, 0.2) is 36.4 Å². The minimum absolute atomic E-state index is 0.0719. The van der Waals surface area contributed by atoms with E-state index in [9.17, 15) is 4.79 Å². The van der Waals surface area contributed by atoms with E-state index in [2.05, 4.69) is 28.8 Å². The van der Waals surface area contributed by atoms with Crippen LogP contribution in [0.1, 0.15) is 36.5 Å². The largest absolute Gasteiger partial charge is 0.495 e. The number of hydrogen-bond donors (Lipinski definition) is 2. The number of rotatable bonds is 5. The second kappa shape index (κ2) is 7.60. The van der Waals surface area contributed by atoms with Crippen molar-refractivity contribution in [1.82, 2.24) is 0 Å². The third kappa shape index (κ3) is 3.95. The summed E-state index contributed by atoms with van der Waals surface area (Å²) in [6.45, 7) is 3.88. The molecule has 0 unspecified atom stereocenters. The first-order valence-corrected chi connectivity index (χ1v) is 8.91. The normalized spacial score (nSPS) is 14.4. The smallest absolute Gasteiger partial charge is 0.246 e. The Morgan fingerprint density at radius 2 is 1.92 bits per heavy atom. The first-order valence-electron chi connectivity index (χ1n) is 8.91. The Morgan fingerprint density at radius 3 is 2.72 bits per heavy atom. The van der Waals surface area contributed by atoms with E-state index in [-0.39, 0.29) is 11.9 Å². The van der Waals surface area contributed by atoms with Gasteiger partial charge in [-0.25, -0.2) is 0 Å². The first-order chi connectivity index (χ1) is 12.1. The van der Waals surface area contributed by atoms with Crippen LogP contribution in [-0.4, -0.2) is 19.1 Å². The van der Waals surface area contributed by atoms with Gasteiger partial charge in [0.1, 0.15) is 11.8 Å². The van der Waals surface area contributed by atoms with Crippen LogP contribution in [0.3, 0.4) is 0 Å². The molecule has 1 aliphatic rings. The SMILES string of the molecule is COc1ccc(C)cc1NC(=O)[C@H](C)Nc1cccc2c1CCCC2. The Hall–Kier alpha value is -2.49. The molecule has 0 radical (unpaired) electrons. The van der Waals surface area contributed by atoms with E-state index < -0.39 is 0 Å². The van der Waals surface area contributed by atoms with Gasteiger partial charge in [-0.15, -0.1) is 0 Å². The molecule has 2 aromatic rings. The lowest BCUT2D eigenvalue weighted by Crippen LogP contribution is -2.32. The highest BCUT2D eigenvalue weighted by Crippen LogP contribution is 2.29. The van der Waals surface area contributed by atoms with Crippen molar-refractivity contribution in [2.24, 2.45) is 0 Å². The molecule has 25 heavy (non-hydrogen) atoms. The van der Waals surface area contributed by atoms with Gasteiger partial charge in [-0.3, -0.25) is 4.79 Å². The molecule has 0 aliphatic heterocycles. The van der Waals surface area contributed by atoms with E-state index >= 15 is 0 Å². The molecule has 1 amide bonds. The van der Waals surface area contributed by atoms with Crippen LogP contribution in [0.5, 0.6) is 5.75 Å². The summed E-state index contributed by atoms with van der Waals surface area (Å²) in [7, 11) is 1.61. The van der Waals surface area contributed by atoms with Crippen molar-refractivity contribution in [1.29, 1.82) is 0 Å². The number of benzene rings is 2. The Balaban J connectivity index is 1.73. The standard InChI is InChI=1S/C21H26N2O2/c1-14-11-12-20(25-3)19(13-14)23-21(24)15(2)22-18-10-6-8-16-7-4-5-9-17(16)18/h6,8,10-13,15,22H,4-5,7,9H2,1-3H3,(H,23,24)/t15-/m0/s1. The van der Waals surface area contributed by atoms with Crippen LogP contribution in [-0.2, 0) is 17.6 Å². The van der Waals surface area contributed by atoms with E-state index in [0.29, 0.717) is 11.4 Å². The number of amides is 1. The lowest BCUT2D eigenvalue weighted by molar-refractivity contribution is -0.116. The number of ether oxygens (including phenoxy) is 1. The zero-order chi connectivity index (χ0) is 17.8. The van der Waals surface area contributed by atoms with Crippen molar-refractivity contribution in [2.75, 3.05) is 17.7 Å². The molecular weight excluding hydrogens is 312 g/mol. The minimum Gasteiger partial charge on any atom is -0.495 e. The summed E-state index contributed by atoms with van der Waals surface area (Å²) in [5.74, 6) is 0.598. The molecule has 2 N–H and O–H groups in total. The molecule has 0 spiro atoms. The van der Waals surface area contributed by atoms with Crippen LogP contribution in [0.25, 0.3) is 0 Å². The molecule has 132 valence electrons. The van der Waals surface area contributed by atoms with Gasteiger partial charge < -0.3 is 15.4 Å². The van der Waals surface area contributed by atoms with E-state index in [1.807, 2.05) is 32.0 Å². The molecule has 0 aromatic heterocycles. The lowest BCUT2D eigenvalue weighted by Gasteiger charge is -2.23. The van der Waals surface area contributed by atoms with Gasteiger partial charge in [0.15, 0.2) is 0 Å². The number of carbonyl (C=O) groups is 1. The summed E-state index contributed by atoms with van der Waals surface area (Å²) >= 11 is 0. The average Bonchev–Trinajstić information content (AvgIpc) is 2.62.